The van der Waals surface area contributed by atoms with Gasteiger partial charge in [0.15, 0.2) is 11.5 Å². The molecule has 0 aliphatic rings. The van der Waals surface area contributed by atoms with Crippen molar-refractivity contribution in [2.45, 2.75) is 39.2 Å². The quantitative estimate of drug-likeness (QED) is 0.772. The maximum Gasteiger partial charge on any atom is 0.251 e. The van der Waals surface area contributed by atoms with Crippen molar-refractivity contribution in [3.8, 4) is 11.5 Å². The molecule has 0 saturated heterocycles. The maximum atomic E-state index is 12.4. The number of benzene rings is 1. The van der Waals surface area contributed by atoms with E-state index in [1.165, 1.54) is 7.11 Å². The van der Waals surface area contributed by atoms with Crippen LogP contribution in [0.1, 0.15) is 44.0 Å². The van der Waals surface area contributed by atoms with Crippen molar-refractivity contribution in [3.63, 3.8) is 0 Å². The van der Waals surface area contributed by atoms with Crippen molar-refractivity contribution < 1.29 is 19.4 Å². The molecule has 0 spiro atoms. The fraction of sp³-hybridized carbons (Fsp3) is 0.562. The monoisotopic (exact) mass is 295 g/mol. The molecular weight excluding hydrogens is 270 g/mol. The van der Waals surface area contributed by atoms with Crippen molar-refractivity contribution in [3.05, 3.63) is 23.8 Å². The smallest absolute Gasteiger partial charge is 0.251 e. The lowest BCUT2D eigenvalue weighted by atomic mass is 9.93. The van der Waals surface area contributed by atoms with Crippen LogP contribution in [0.2, 0.25) is 0 Å². The number of carbonyl (C=O) groups is 1. The topological polar surface area (TPSA) is 67.8 Å². The van der Waals surface area contributed by atoms with E-state index in [9.17, 15) is 9.90 Å². The van der Waals surface area contributed by atoms with Gasteiger partial charge in [0.1, 0.15) is 0 Å². The molecule has 0 saturated carbocycles. The van der Waals surface area contributed by atoms with Crippen molar-refractivity contribution >= 4 is 5.91 Å². The molecule has 0 aromatic heterocycles. The summed E-state index contributed by atoms with van der Waals surface area (Å²) in [6, 6.07) is 5.06. The number of aliphatic hydroxyl groups excluding tert-OH is 1. The SMILES string of the molecule is CCOc1ccc(C(=O)NC(CC)(CC)CO)cc1OC. The number of hydrogen-bond acceptors (Lipinski definition) is 4. The summed E-state index contributed by atoms with van der Waals surface area (Å²) in [5.41, 5.74) is -0.0989. The number of methoxy groups -OCH3 is 1. The van der Waals surface area contributed by atoms with Gasteiger partial charge < -0.3 is 19.9 Å². The number of ether oxygens (including phenoxy) is 2. The summed E-state index contributed by atoms with van der Waals surface area (Å²) in [4.78, 5) is 12.4. The van der Waals surface area contributed by atoms with E-state index in [1.54, 1.807) is 18.2 Å². The standard InChI is InChI=1S/C16H25NO4/c1-5-16(6-2,11-18)17-15(19)12-8-9-13(21-7-3)14(10-12)20-4/h8-10,18H,5-7,11H2,1-4H3,(H,17,19). The van der Waals surface area contributed by atoms with Crippen LogP contribution >= 0.6 is 0 Å². The number of amides is 1. The first-order valence-corrected chi connectivity index (χ1v) is 7.30. The lowest BCUT2D eigenvalue weighted by molar-refractivity contribution is 0.0817. The second kappa shape index (κ2) is 7.88. The molecule has 1 aromatic rings. The molecule has 1 amide bonds. The molecule has 0 radical (unpaired) electrons. The summed E-state index contributed by atoms with van der Waals surface area (Å²) in [7, 11) is 1.54. The summed E-state index contributed by atoms with van der Waals surface area (Å²) >= 11 is 0. The van der Waals surface area contributed by atoms with E-state index in [4.69, 9.17) is 9.47 Å². The molecule has 0 aliphatic carbocycles. The first-order valence-electron chi connectivity index (χ1n) is 7.30. The Balaban J connectivity index is 2.97. The first-order chi connectivity index (χ1) is 10.1. The van der Waals surface area contributed by atoms with Crippen molar-refractivity contribution in [1.82, 2.24) is 5.32 Å². The van der Waals surface area contributed by atoms with E-state index in [-0.39, 0.29) is 12.5 Å². The summed E-state index contributed by atoms with van der Waals surface area (Å²) < 4.78 is 10.7. The molecule has 0 unspecified atom stereocenters. The molecule has 0 bridgehead atoms. The van der Waals surface area contributed by atoms with Gasteiger partial charge in [-0.15, -0.1) is 0 Å². The van der Waals surface area contributed by atoms with Gasteiger partial charge in [-0.25, -0.2) is 0 Å². The molecule has 118 valence electrons. The molecule has 21 heavy (non-hydrogen) atoms. The minimum absolute atomic E-state index is 0.0834. The van der Waals surface area contributed by atoms with E-state index in [2.05, 4.69) is 5.32 Å². The van der Waals surface area contributed by atoms with Gasteiger partial charge in [-0.3, -0.25) is 4.79 Å². The van der Waals surface area contributed by atoms with Crippen LogP contribution in [0.15, 0.2) is 18.2 Å². The van der Waals surface area contributed by atoms with Gasteiger partial charge >= 0.3 is 0 Å². The highest BCUT2D eigenvalue weighted by Gasteiger charge is 2.27. The Kier molecular flexibility index (Phi) is 6.49. The van der Waals surface area contributed by atoms with E-state index >= 15 is 0 Å². The Labute approximate surface area is 126 Å². The fourth-order valence-corrected chi connectivity index (χ4v) is 2.09. The third kappa shape index (κ3) is 4.11. The predicted molar refractivity (Wildman–Crippen MR) is 82.0 cm³/mol. The molecule has 0 atom stereocenters. The van der Waals surface area contributed by atoms with E-state index in [0.29, 0.717) is 36.5 Å². The lowest BCUT2D eigenvalue weighted by Crippen LogP contribution is -2.50. The molecule has 1 rings (SSSR count). The minimum atomic E-state index is -0.580. The molecule has 5 nitrogen and oxygen atoms in total. The van der Waals surface area contributed by atoms with Crippen LogP contribution in [0, 0.1) is 0 Å². The van der Waals surface area contributed by atoms with Crippen LogP contribution in [0.5, 0.6) is 11.5 Å². The van der Waals surface area contributed by atoms with Crippen molar-refractivity contribution in [2.75, 3.05) is 20.3 Å². The van der Waals surface area contributed by atoms with Gasteiger partial charge in [0.2, 0.25) is 0 Å². The summed E-state index contributed by atoms with van der Waals surface area (Å²) in [5.74, 6) is 0.900. The van der Waals surface area contributed by atoms with Crippen LogP contribution < -0.4 is 14.8 Å². The molecule has 0 aliphatic heterocycles. The number of hydrogen-bond donors (Lipinski definition) is 2. The zero-order valence-corrected chi connectivity index (χ0v) is 13.2. The summed E-state index contributed by atoms with van der Waals surface area (Å²) in [6.45, 7) is 6.22. The largest absolute Gasteiger partial charge is 0.493 e. The maximum absolute atomic E-state index is 12.4. The Hall–Kier alpha value is -1.75. The van der Waals surface area contributed by atoms with Crippen LogP contribution in [-0.2, 0) is 0 Å². The highest BCUT2D eigenvalue weighted by Crippen LogP contribution is 2.28. The normalized spacial score (nSPS) is 11.1. The third-order valence-corrected chi connectivity index (χ3v) is 3.76. The van der Waals surface area contributed by atoms with E-state index < -0.39 is 5.54 Å². The average molecular weight is 295 g/mol. The van der Waals surface area contributed by atoms with E-state index in [1.807, 2.05) is 20.8 Å². The van der Waals surface area contributed by atoms with Crippen LogP contribution in [0.25, 0.3) is 0 Å². The zero-order valence-electron chi connectivity index (χ0n) is 13.2. The third-order valence-electron chi connectivity index (χ3n) is 3.76. The zero-order chi connectivity index (χ0) is 15.9. The summed E-state index contributed by atoms with van der Waals surface area (Å²) in [6.07, 6.45) is 1.33. The van der Waals surface area contributed by atoms with Crippen molar-refractivity contribution in [1.29, 1.82) is 0 Å². The van der Waals surface area contributed by atoms with Gasteiger partial charge in [0.25, 0.3) is 5.91 Å². The lowest BCUT2D eigenvalue weighted by Gasteiger charge is -2.30. The Bertz CT molecular complexity index is 461. The van der Waals surface area contributed by atoms with Gasteiger partial charge in [0, 0.05) is 5.56 Å². The van der Waals surface area contributed by atoms with Gasteiger partial charge in [0.05, 0.1) is 25.9 Å². The second-order valence-corrected chi connectivity index (χ2v) is 4.90. The molecule has 2 N–H and O–H groups in total. The Morgan fingerprint density at radius 1 is 1.24 bits per heavy atom. The number of carbonyl (C=O) groups excluding carboxylic acids is 1. The van der Waals surface area contributed by atoms with Crippen LogP contribution in [0.3, 0.4) is 0 Å². The fourth-order valence-electron chi connectivity index (χ4n) is 2.09. The van der Waals surface area contributed by atoms with Crippen LogP contribution in [0.4, 0.5) is 0 Å². The van der Waals surface area contributed by atoms with Crippen LogP contribution in [-0.4, -0.2) is 36.9 Å². The summed E-state index contributed by atoms with van der Waals surface area (Å²) in [5, 5.41) is 12.4. The highest BCUT2D eigenvalue weighted by molar-refractivity contribution is 5.95. The number of aliphatic hydroxyl groups is 1. The molecule has 5 heteroatoms. The molecule has 0 fully saturated rings. The van der Waals surface area contributed by atoms with E-state index in [0.717, 1.165) is 0 Å². The predicted octanol–water partition coefficient (Wildman–Crippen LogP) is 2.37. The highest BCUT2D eigenvalue weighted by atomic mass is 16.5. The van der Waals surface area contributed by atoms with Gasteiger partial charge in [-0.2, -0.15) is 0 Å². The van der Waals surface area contributed by atoms with Crippen molar-refractivity contribution in [2.24, 2.45) is 0 Å². The Morgan fingerprint density at radius 3 is 2.38 bits per heavy atom. The molecular formula is C16H25NO4. The molecule has 0 heterocycles. The second-order valence-electron chi connectivity index (χ2n) is 4.90. The number of nitrogens with one attached hydrogen (secondary N) is 1. The average Bonchev–Trinajstić information content (AvgIpc) is 2.53. The minimum Gasteiger partial charge on any atom is -0.493 e. The Morgan fingerprint density at radius 2 is 1.90 bits per heavy atom. The first kappa shape index (κ1) is 17.3. The molecule has 1 aromatic carbocycles. The van der Waals surface area contributed by atoms with Gasteiger partial charge in [-0.05, 0) is 38.0 Å². The van der Waals surface area contributed by atoms with Gasteiger partial charge in [-0.1, -0.05) is 13.8 Å². The number of rotatable bonds is 8.